The maximum absolute atomic E-state index is 5.85. The average Bonchev–Trinajstić information content (AvgIpc) is 2.79. The van der Waals surface area contributed by atoms with Gasteiger partial charge in [-0.25, -0.2) is 0 Å². The first-order valence-electron chi connectivity index (χ1n) is 5.75. The van der Waals surface area contributed by atoms with E-state index in [9.17, 15) is 0 Å². The third-order valence-corrected chi connectivity index (χ3v) is 2.86. The molecule has 0 radical (unpaired) electrons. The Kier molecular flexibility index (Phi) is 4.36. The highest BCUT2D eigenvalue weighted by molar-refractivity contribution is 6.30. The average molecular weight is 266 g/mol. The second-order valence-corrected chi connectivity index (χ2v) is 4.72. The Bertz CT molecular complexity index is 495. The van der Waals surface area contributed by atoms with Gasteiger partial charge in [0.05, 0.1) is 12.2 Å². The van der Waals surface area contributed by atoms with Gasteiger partial charge in [0.1, 0.15) is 0 Å². The molecule has 2 N–H and O–H groups in total. The van der Waals surface area contributed by atoms with Crippen molar-refractivity contribution in [1.82, 2.24) is 10.1 Å². The van der Waals surface area contributed by atoms with E-state index in [0.717, 1.165) is 23.0 Å². The van der Waals surface area contributed by atoms with Crippen LogP contribution in [0.4, 0.5) is 0 Å². The lowest BCUT2D eigenvalue weighted by Crippen LogP contribution is -2.16. The van der Waals surface area contributed by atoms with E-state index in [1.54, 1.807) is 0 Å². The number of nitrogens with zero attached hydrogens (tertiary/aromatic N) is 2. The van der Waals surface area contributed by atoms with Gasteiger partial charge in [0, 0.05) is 24.2 Å². The molecule has 0 spiro atoms. The SMILES string of the molecule is CN(Cc1ccc(Cl)cc1)Cc1cc(CN)no1. The van der Waals surface area contributed by atoms with Gasteiger partial charge in [-0.3, -0.25) is 4.90 Å². The minimum atomic E-state index is 0.407. The zero-order valence-corrected chi connectivity index (χ0v) is 11.0. The molecule has 1 aromatic carbocycles. The summed E-state index contributed by atoms with van der Waals surface area (Å²) in [5, 5.41) is 4.62. The summed E-state index contributed by atoms with van der Waals surface area (Å²) < 4.78 is 5.19. The molecule has 0 aliphatic heterocycles. The highest BCUT2D eigenvalue weighted by Gasteiger charge is 2.07. The monoisotopic (exact) mass is 265 g/mol. The van der Waals surface area contributed by atoms with Gasteiger partial charge in [-0.2, -0.15) is 0 Å². The van der Waals surface area contributed by atoms with Crippen molar-refractivity contribution in [2.75, 3.05) is 7.05 Å². The van der Waals surface area contributed by atoms with Crippen LogP contribution in [0.15, 0.2) is 34.9 Å². The molecule has 0 saturated carbocycles. The molecule has 18 heavy (non-hydrogen) atoms. The molecule has 0 atom stereocenters. The van der Waals surface area contributed by atoms with Gasteiger partial charge in [0.2, 0.25) is 0 Å². The number of benzene rings is 1. The predicted octanol–water partition coefficient (Wildman–Crippen LogP) is 2.42. The number of rotatable bonds is 5. The first kappa shape index (κ1) is 13.1. The molecule has 0 unspecified atom stereocenters. The highest BCUT2D eigenvalue weighted by atomic mass is 35.5. The topological polar surface area (TPSA) is 55.3 Å². The van der Waals surface area contributed by atoms with Crippen molar-refractivity contribution in [3.63, 3.8) is 0 Å². The molecule has 96 valence electrons. The molecule has 5 heteroatoms. The van der Waals surface area contributed by atoms with Crippen LogP contribution < -0.4 is 5.73 Å². The predicted molar refractivity (Wildman–Crippen MR) is 71.0 cm³/mol. The fourth-order valence-electron chi connectivity index (χ4n) is 1.75. The maximum atomic E-state index is 5.85. The van der Waals surface area contributed by atoms with Gasteiger partial charge >= 0.3 is 0 Å². The lowest BCUT2D eigenvalue weighted by atomic mass is 10.2. The van der Waals surface area contributed by atoms with Crippen LogP contribution in [0, 0.1) is 0 Å². The van der Waals surface area contributed by atoms with Crippen molar-refractivity contribution >= 4 is 11.6 Å². The van der Waals surface area contributed by atoms with E-state index in [1.165, 1.54) is 5.56 Å². The van der Waals surface area contributed by atoms with Crippen molar-refractivity contribution in [2.24, 2.45) is 5.73 Å². The Morgan fingerprint density at radius 2 is 2.00 bits per heavy atom. The largest absolute Gasteiger partial charge is 0.360 e. The molecule has 4 nitrogen and oxygen atoms in total. The zero-order valence-electron chi connectivity index (χ0n) is 10.3. The number of nitrogens with two attached hydrogens (primary N) is 1. The minimum Gasteiger partial charge on any atom is -0.360 e. The van der Waals surface area contributed by atoms with Crippen LogP contribution in [0.3, 0.4) is 0 Å². The smallest absolute Gasteiger partial charge is 0.151 e. The highest BCUT2D eigenvalue weighted by Crippen LogP contribution is 2.12. The molecule has 0 fully saturated rings. The van der Waals surface area contributed by atoms with Crippen LogP contribution in [0.25, 0.3) is 0 Å². The van der Waals surface area contributed by atoms with Crippen LogP contribution in [0.1, 0.15) is 17.0 Å². The van der Waals surface area contributed by atoms with E-state index in [1.807, 2.05) is 37.4 Å². The quantitative estimate of drug-likeness (QED) is 0.902. The third kappa shape index (κ3) is 3.57. The molecule has 0 bridgehead atoms. The van der Waals surface area contributed by atoms with Crippen molar-refractivity contribution in [3.8, 4) is 0 Å². The van der Waals surface area contributed by atoms with Crippen molar-refractivity contribution in [2.45, 2.75) is 19.6 Å². The second-order valence-electron chi connectivity index (χ2n) is 4.29. The summed E-state index contributed by atoms with van der Waals surface area (Å²) >= 11 is 5.85. The first-order chi connectivity index (χ1) is 8.67. The van der Waals surface area contributed by atoms with E-state index >= 15 is 0 Å². The summed E-state index contributed by atoms with van der Waals surface area (Å²) in [5.41, 5.74) is 7.47. The van der Waals surface area contributed by atoms with Crippen molar-refractivity contribution in [1.29, 1.82) is 0 Å². The van der Waals surface area contributed by atoms with Crippen LogP contribution in [0.2, 0.25) is 5.02 Å². The lowest BCUT2D eigenvalue weighted by molar-refractivity contribution is 0.265. The zero-order chi connectivity index (χ0) is 13.0. The maximum Gasteiger partial charge on any atom is 0.151 e. The van der Waals surface area contributed by atoms with Gasteiger partial charge in [-0.05, 0) is 24.7 Å². The number of hydrogen-bond acceptors (Lipinski definition) is 4. The summed E-state index contributed by atoms with van der Waals surface area (Å²) in [6.45, 7) is 1.94. The van der Waals surface area contributed by atoms with E-state index in [4.69, 9.17) is 21.9 Å². The summed E-state index contributed by atoms with van der Waals surface area (Å²) in [4.78, 5) is 2.14. The molecule has 2 rings (SSSR count). The molecule has 0 amide bonds. The molecular weight excluding hydrogens is 250 g/mol. The molecule has 0 saturated heterocycles. The van der Waals surface area contributed by atoms with Crippen LogP contribution in [-0.4, -0.2) is 17.1 Å². The summed E-state index contributed by atoms with van der Waals surface area (Å²) in [6.07, 6.45) is 0. The number of aromatic nitrogens is 1. The molecule has 1 aromatic heterocycles. The Balaban J connectivity index is 1.91. The summed E-state index contributed by atoms with van der Waals surface area (Å²) in [7, 11) is 2.03. The Hall–Kier alpha value is -1.36. The van der Waals surface area contributed by atoms with E-state index in [0.29, 0.717) is 13.1 Å². The van der Waals surface area contributed by atoms with E-state index in [-0.39, 0.29) is 0 Å². The van der Waals surface area contributed by atoms with Crippen LogP contribution in [0.5, 0.6) is 0 Å². The van der Waals surface area contributed by atoms with Gasteiger partial charge in [-0.15, -0.1) is 0 Å². The van der Waals surface area contributed by atoms with E-state index in [2.05, 4.69) is 10.1 Å². The minimum absolute atomic E-state index is 0.407. The Labute approximate surface area is 111 Å². The Morgan fingerprint density at radius 3 is 2.61 bits per heavy atom. The lowest BCUT2D eigenvalue weighted by Gasteiger charge is -2.14. The molecule has 0 aliphatic carbocycles. The first-order valence-corrected chi connectivity index (χ1v) is 6.12. The van der Waals surface area contributed by atoms with Gasteiger partial charge in [-0.1, -0.05) is 28.9 Å². The summed E-state index contributed by atoms with van der Waals surface area (Å²) in [5.74, 6) is 0.826. The molecule has 2 aromatic rings. The fourth-order valence-corrected chi connectivity index (χ4v) is 1.88. The van der Waals surface area contributed by atoms with Gasteiger partial charge < -0.3 is 10.3 Å². The van der Waals surface area contributed by atoms with Crippen LogP contribution >= 0.6 is 11.6 Å². The molecule has 1 heterocycles. The van der Waals surface area contributed by atoms with Gasteiger partial charge in [0.15, 0.2) is 5.76 Å². The fraction of sp³-hybridized carbons (Fsp3) is 0.308. The normalized spacial score (nSPS) is 11.1. The summed E-state index contributed by atoms with van der Waals surface area (Å²) in [6, 6.07) is 9.71. The standard InChI is InChI=1S/C13H16ClN3O/c1-17(8-10-2-4-11(14)5-3-10)9-13-6-12(7-15)16-18-13/h2-6H,7-9,15H2,1H3. The third-order valence-electron chi connectivity index (χ3n) is 2.61. The van der Waals surface area contributed by atoms with Crippen molar-refractivity contribution < 1.29 is 4.52 Å². The Morgan fingerprint density at radius 1 is 1.28 bits per heavy atom. The van der Waals surface area contributed by atoms with Gasteiger partial charge in [0.25, 0.3) is 0 Å². The number of hydrogen-bond donors (Lipinski definition) is 1. The van der Waals surface area contributed by atoms with E-state index < -0.39 is 0 Å². The molecular formula is C13H16ClN3O. The number of halogens is 1. The van der Waals surface area contributed by atoms with Crippen LogP contribution in [-0.2, 0) is 19.6 Å². The van der Waals surface area contributed by atoms with Crippen molar-refractivity contribution in [3.05, 3.63) is 52.4 Å². The molecule has 0 aliphatic rings. The second kappa shape index (κ2) is 6.00.